The highest BCUT2D eigenvalue weighted by Crippen LogP contribution is 2.64. The average Bonchev–Trinajstić information content (AvgIpc) is 3.27. The van der Waals surface area contributed by atoms with Crippen LogP contribution in [-0.4, -0.2) is 107 Å². The minimum Gasteiger partial charge on any atom is -0.497 e. The molecule has 10 nitrogen and oxygen atoms in total. The summed E-state index contributed by atoms with van der Waals surface area (Å²) in [7, 11) is -1.25. The second-order valence-electron chi connectivity index (χ2n) is 16.5. The summed E-state index contributed by atoms with van der Waals surface area (Å²) in [6, 6.07) is 10.6. The van der Waals surface area contributed by atoms with E-state index in [9.17, 15) is 75.4 Å². The van der Waals surface area contributed by atoms with Crippen LogP contribution in [0.4, 0.5) is 85.1 Å². The first kappa shape index (κ1) is 62.3. The third kappa shape index (κ3) is 13.6. The van der Waals surface area contributed by atoms with E-state index in [1.807, 2.05) is 0 Å². The van der Waals surface area contributed by atoms with Gasteiger partial charge in [-0.05, 0) is 84.4 Å². The molecule has 0 bridgehead atoms. The lowest BCUT2D eigenvalue weighted by atomic mass is 9.88. The molecular weight excluding hydrogens is 1020 g/mol. The number of amides is 2. The number of halogens is 17. The fourth-order valence-electron chi connectivity index (χ4n) is 7.01. The molecule has 0 heterocycles. The molecule has 3 N–H and O–H groups in total. The number of hydrogen-bond donors (Lipinski definition) is 3. The van der Waals surface area contributed by atoms with Gasteiger partial charge in [0.05, 0.1) is 19.8 Å². The fraction of sp³-hybridized carbons (Fsp3) is 0.581. The standard InChI is InChI=1S/C43H51F17N2O8Si/c1-25(2)71(26(3)4,23-20-36(44,45)37(46,47)38(48,49)39(50,51)40(52,53)41(54,55)42(56,57)43(58,59)60)69-22-21-68-31-16-12-28(13-17-31)34(70-35(64)61-29-14-18-30(66-6)19-15-29)32(67-7)11-9-8-10-27(5)24-33(63)62-65/h8,10,12-19,24-26,32,34,65H,9,11,20-23H2,1-7H3,(H,61,64)(H,62,63)/b10-8+,27-24+/t32-,34-/m1/s1. The summed E-state index contributed by atoms with van der Waals surface area (Å²) in [5.74, 6) is -57.1. The molecule has 2 atom stereocenters. The van der Waals surface area contributed by atoms with Crippen LogP contribution in [0.25, 0.3) is 0 Å². The molecule has 2 amide bonds. The topological polar surface area (TPSA) is 125 Å². The van der Waals surface area contributed by atoms with Crippen LogP contribution in [0.3, 0.4) is 0 Å². The van der Waals surface area contributed by atoms with E-state index in [1.165, 1.54) is 83.8 Å². The molecule has 0 saturated heterocycles. The van der Waals surface area contributed by atoms with Gasteiger partial charge >= 0.3 is 53.7 Å². The van der Waals surface area contributed by atoms with E-state index >= 15 is 8.78 Å². The predicted octanol–water partition coefficient (Wildman–Crippen LogP) is 13.3. The van der Waals surface area contributed by atoms with Crippen LogP contribution >= 0.6 is 0 Å². The van der Waals surface area contributed by atoms with Crippen LogP contribution in [0.2, 0.25) is 17.1 Å². The van der Waals surface area contributed by atoms with Crippen LogP contribution in [0.1, 0.15) is 65.5 Å². The molecule has 0 spiro atoms. The minimum absolute atomic E-state index is 0.0935. The Morgan fingerprint density at radius 2 is 1.18 bits per heavy atom. The van der Waals surface area contributed by atoms with Gasteiger partial charge in [0.15, 0.2) is 14.4 Å². The van der Waals surface area contributed by atoms with Gasteiger partial charge in [-0.15, -0.1) is 0 Å². The van der Waals surface area contributed by atoms with Crippen molar-refractivity contribution in [3.63, 3.8) is 0 Å². The van der Waals surface area contributed by atoms with Gasteiger partial charge in [-0.25, -0.2) is 10.3 Å². The van der Waals surface area contributed by atoms with Crippen molar-refractivity contribution in [2.45, 2.75) is 131 Å². The molecule has 2 aromatic carbocycles. The third-order valence-corrected chi connectivity index (χ3v) is 16.9. The normalized spacial score (nSPS) is 15.0. The number of ether oxygens (including phenoxy) is 4. The van der Waals surface area contributed by atoms with Gasteiger partial charge in [0.25, 0.3) is 5.91 Å². The molecule has 0 unspecified atom stereocenters. The van der Waals surface area contributed by atoms with Crippen molar-refractivity contribution in [2.75, 3.05) is 32.8 Å². The maximum Gasteiger partial charge on any atom is 0.460 e. The van der Waals surface area contributed by atoms with Crippen molar-refractivity contribution in [3.8, 4) is 11.5 Å². The first-order valence-electron chi connectivity index (χ1n) is 20.9. The molecule has 2 rings (SSSR count). The number of nitrogens with one attached hydrogen (secondary N) is 2. The molecule has 2 aromatic rings. The number of allylic oxidation sites excluding steroid dienone is 3. The molecular formula is C43H51F17N2O8Si. The maximum absolute atomic E-state index is 15.1. The average molecular weight is 1070 g/mol. The Balaban J connectivity index is 2.33. The van der Waals surface area contributed by atoms with Crippen LogP contribution in [0, 0.1) is 0 Å². The van der Waals surface area contributed by atoms with Crippen molar-refractivity contribution in [1.29, 1.82) is 0 Å². The quantitative estimate of drug-likeness (QED) is 0.0154. The van der Waals surface area contributed by atoms with E-state index in [0.29, 0.717) is 29.0 Å². The molecule has 0 fully saturated rings. The van der Waals surface area contributed by atoms with Crippen molar-refractivity contribution in [2.24, 2.45) is 0 Å². The van der Waals surface area contributed by atoms with E-state index < -0.39 is 117 Å². The molecule has 404 valence electrons. The zero-order valence-electron chi connectivity index (χ0n) is 38.6. The zero-order chi connectivity index (χ0) is 54.8. The maximum atomic E-state index is 15.1. The minimum atomic E-state index is -8.71. The number of carbonyl (C=O) groups is 2. The number of benzene rings is 2. The summed E-state index contributed by atoms with van der Waals surface area (Å²) in [5.41, 5.74) is 0.822. The highest BCUT2D eigenvalue weighted by molar-refractivity contribution is 6.76. The first-order chi connectivity index (χ1) is 32.4. The van der Waals surface area contributed by atoms with Crippen LogP contribution in [0.15, 0.2) is 72.3 Å². The van der Waals surface area contributed by atoms with E-state index in [1.54, 1.807) is 31.2 Å². The monoisotopic (exact) mass is 1070 g/mol. The molecule has 0 aliphatic heterocycles. The van der Waals surface area contributed by atoms with Gasteiger partial charge in [-0.1, -0.05) is 52.0 Å². The highest BCUT2D eigenvalue weighted by atomic mass is 28.4. The Bertz CT molecular complexity index is 2100. The molecule has 0 aliphatic carbocycles. The number of methoxy groups -OCH3 is 2. The number of anilines is 1. The number of rotatable bonds is 27. The smallest absolute Gasteiger partial charge is 0.460 e. The lowest BCUT2D eigenvalue weighted by molar-refractivity contribution is -0.461. The van der Waals surface area contributed by atoms with Crippen molar-refractivity contribution >= 4 is 26.0 Å². The second kappa shape index (κ2) is 23.8. The van der Waals surface area contributed by atoms with Gasteiger partial charge in [0.1, 0.15) is 18.1 Å². The summed E-state index contributed by atoms with van der Waals surface area (Å²) in [6.07, 6.45) is -8.28. The summed E-state index contributed by atoms with van der Waals surface area (Å²) in [4.78, 5) is 24.5. The number of alkyl halides is 17. The van der Waals surface area contributed by atoms with Gasteiger partial charge in [0.2, 0.25) is 0 Å². The Hall–Kier alpha value is -4.83. The Morgan fingerprint density at radius 1 is 0.690 bits per heavy atom. The van der Waals surface area contributed by atoms with Gasteiger partial charge in [-0.2, -0.15) is 74.6 Å². The number of hydroxylamine groups is 1. The Labute approximate surface area is 396 Å². The van der Waals surface area contributed by atoms with Gasteiger partial charge in [0, 0.05) is 25.3 Å². The van der Waals surface area contributed by atoms with Crippen molar-refractivity contribution in [1.82, 2.24) is 5.48 Å². The highest BCUT2D eigenvalue weighted by Gasteiger charge is 2.95. The SMILES string of the molecule is COc1ccc(NC(=O)O[C@H](c2ccc(OCCO[Si](CCC(F)(F)C(F)(F)C(F)(F)C(F)(F)C(F)(F)C(F)(F)C(F)(F)C(F)(F)F)(C(C)C)C(C)C)cc2)[C@@H](CC/C=C/C(C)=C/C(=O)NO)OC)cc1. The number of hydrogen-bond acceptors (Lipinski definition) is 8. The van der Waals surface area contributed by atoms with E-state index in [-0.39, 0.29) is 12.2 Å². The van der Waals surface area contributed by atoms with E-state index in [2.05, 4.69) is 5.32 Å². The lowest BCUT2D eigenvalue weighted by Crippen LogP contribution is -2.74. The zero-order valence-corrected chi connectivity index (χ0v) is 39.6. The van der Waals surface area contributed by atoms with Crippen LogP contribution in [0.5, 0.6) is 11.5 Å². The van der Waals surface area contributed by atoms with Crippen molar-refractivity contribution in [3.05, 3.63) is 77.9 Å². The largest absolute Gasteiger partial charge is 0.497 e. The molecule has 71 heavy (non-hydrogen) atoms. The summed E-state index contributed by atoms with van der Waals surface area (Å²) < 4.78 is 265. The molecule has 0 aromatic heterocycles. The molecule has 0 saturated carbocycles. The Morgan fingerprint density at radius 3 is 1.65 bits per heavy atom. The Kier molecular flexibility index (Phi) is 20.9. The number of carbonyl (C=O) groups excluding carboxylic acids is 2. The summed E-state index contributed by atoms with van der Waals surface area (Å²) in [6.45, 7) is 5.84. The lowest BCUT2D eigenvalue weighted by Gasteiger charge is -2.44. The molecule has 28 heteroatoms. The fourth-order valence-corrected chi connectivity index (χ4v) is 11.5. The van der Waals surface area contributed by atoms with E-state index in [0.717, 1.165) is 6.08 Å². The molecule has 0 aliphatic rings. The second-order valence-corrected chi connectivity index (χ2v) is 21.5. The van der Waals surface area contributed by atoms with E-state index in [4.69, 9.17) is 28.6 Å². The third-order valence-electron chi connectivity index (χ3n) is 11.2. The van der Waals surface area contributed by atoms with Crippen LogP contribution < -0.4 is 20.3 Å². The predicted molar refractivity (Wildman–Crippen MR) is 223 cm³/mol. The molecule has 0 radical (unpaired) electrons. The summed E-state index contributed by atoms with van der Waals surface area (Å²) in [5, 5.41) is 11.3. The van der Waals surface area contributed by atoms with Gasteiger partial charge < -0.3 is 23.4 Å². The summed E-state index contributed by atoms with van der Waals surface area (Å²) >= 11 is 0. The van der Waals surface area contributed by atoms with Crippen LogP contribution in [-0.2, 0) is 18.7 Å². The van der Waals surface area contributed by atoms with Gasteiger partial charge in [-0.3, -0.25) is 15.3 Å². The first-order valence-corrected chi connectivity index (χ1v) is 23.2. The van der Waals surface area contributed by atoms with Crippen molar-refractivity contribution < 1.29 is 113 Å².